The van der Waals surface area contributed by atoms with Crippen molar-refractivity contribution in [3.05, 3.63) is 20.8 Å². The zero-order valence-electron chi connectivity index (χ0n) is 9.42. The van der Waals surface area contributed by atoms with Gasteiger partial charge in [-0.1, -0.05) is 12.8 Å². The van der Waals surface area contributed by atoms with E-state index in [9.17, 15) is 0 Å². The normalized spacial score (nSPS) is 17.6. The fourth-order valence-corrected chi connectivity index (χ4v) is 3.65. The molecule has 0 spiro atoms. The van der Waals surface area contributed by atoms with Crippen LogP contribution >= 0.6 is 27.3 Å². The number of hydrogen-bond donors (Lipinski definition) is 2. The van der Waals surface area contributed by atoms with Crippen LogP contribution in [0.2, 0.25) is 0 Å². The van der Waals surface area contributed by atoms with Crippen molar-refractivity contribution in [1.82, 2.24) is 5.32 Å². The largest absolute Gasteiger partial charge is 0.329 e. The zero-order chi connectivity index (χ0) is 11.4. The van der Waals surface area contributed by atoms with Crippen LogP contribution in [0.1, 0.15) is 36.6 Å². The summed E-state index contributed by atoms with van der Waals surface area (Å²) in [4.78, 5) is 1.33. The summed E-state index contributed by atoms with van der Waals surface area (Å²) in [5.74, 6) is 1.03. The molecule has 16 heavy (non-hydrogen) atoms. The highest BCUT2D eigenvalue weighted by molar-refractivity contribution is 9.10. The van der Waals surface area contributed by atoms with Crippen LogP contribution in [0.25, 0.3) is 0 Å². The molecule has 0 aromatic carbocycles. The summed E-state index contributed by atoms with van der Waals surface area (Å²) in [6, 6.07) is 2.41. The van der Waals surface area contributed by atoms with Crippen LogP contribution in [0.4, 0.5) is 0 Å². The molecule has 4 heteroatoms. The van der Waals surface area contributed by atoms with Gasteiger partial charge in [0.25, 0.3) is 0 Å². The smallest absolute Gasteiger partial charge is 0.0550 e. The quantitative estimate of drug-likeness (QED) is 0.759. The van der Waals surface area contributed by atoms with Crippen molar-refractivity contribution < 1.29 is 0 Å². The van der Waals surface area contributed by atoms with E-state index >= 15 is 0 Å². The topological polar surface area (TPSA) is 38.0 Å². The van der Waals surface area contributed by atoms with Gasteiger partial charge in [-0.15, -0.1) is 11.3 Å². The van der Waals surface area contributed by atoms with Crippen molar-refractivity contribution in [2.45, 2.75) is 31.7 Å². The summed E-state index contributed by atoms with van der Waals surface area (Å²) in [6.45, 7) is 1.76. The molecule has 0 saturated heterocycles. The summed E-state index contributed by atoms with van der Waals surface area (Å²) < 4.78 is 1.18. The fourth-order valence-electron chi connectivity index (χ4n) is 1.91. The molecular weight excluding hydrogens is 284 g/mol. The average molecular weight is 303 g/mol. The number of halogens is 1. The van der Waals surface area contributed by atoms with Crippen molar-refractivity contribution in [3.8, 4) is 0 Å². The third kappa shape index (κ3) is 3.55. The van der Waals surface area contributed by atoms with Gasteiger partial charge in [0.05, 0.1) is 6.04 Å². The van der Waals surface area contributed by atoms with Crippen LogP contribution in [0.5, 0.6) is 0 Å². The molecule has 1 heterocycles. The number of hydrogen-bond acceptors (Lipinski definition) is 3. The number of thiophene rings is 1. The predicted molar refractivity (Wildman–Crippen MR) is 73.8 cm³/mol. The summed E-state index contributed by atoms with van der Waals surface area (Å²) in [5, 5.41) is 5.66. The molecular formula is C12H19BrN2S. The van der Waals surface area contributed by atoms with Gasteiger partial charge in [-0.05, 0) is 52.7 Å². The van der Waals surface area contributed by atoms with Crippen LogP contribution < -0.4 is 11.1 Å². The fraction of sp³-hybridized carbons (Fsp3) is 0.667. The minimum Gasteiger partial charge on any atom is -0.329 e. The van der Waals surface area contributed by atoms with Crippen molar-refractivity contribution in [1.29, 1.82) is 0 Å². The molecule has 0 aliphatic heterocycles. The van der Waals surface area contributed by atoms with Crippen LogP contribution in [0.3, 0.4) is 0 Å². The summed E-state index contributed by atoms with van der Waals surface area (Å²) >= 11 is 5.33. The van der Waals surface area contributed by atoms with Gasteiger partial charge in [0, 0.05) is 15.9 Å². The van der Waals surface area contributed by atoms with Crippen molar-refractivity contribution in [3.63, 3.8) is 0 Å². The van der Waals surface area contributed by atoms with Crippen LogP contribution in [0.15, 0.2) is 15.9 Å². The van der Waals surface area contributed by atoms with Crippen molar-refractivity contribution >= 4 is 27.3 Å². The number of rotatable bonds is 7. The molecule has 3 N–H and O–H groups in total. The second kappa shape index (κ2) is 6.15. The maximum atomic E-state index is 5.81. The first kappa shape index (κ1) is 12.6. The van der Waals surface area contributed by atoms with E-state index in [1.165, 1.54) is 35.0 Å². The van der Waals surface area contributed by atoms with Crippen LogP contribution in [-0.4, -0.2) is 13.1 Å². The molecule has 90 valence electrons. The Labute approximate surface area is 110 Å². The lowest BCUT2D eigenvalue weighted by atomic mass is 10.2. The molecule has 0 amide bonds. The van der Waals surface area contributed by atoms with Gasteiger partial charge in [0.1, 0.15) is 0 Å². The lowest BCUT2D eigenvalue weighted by molar-refractivity contribution is 0.516. The molecule has 1 aromatic rings. The first-order valence-corrected chi connectivity index (χ1v) is 7.65. The Morgan fingerprint density at radius 3 is 2.94 bits per heavy atom. The van der Waals surface area contributed by atoms with Crippen molar-refractivity contribution in [2.24, 2.45) is 11.7 Å². The molecule has 1 aromatic heterocycles. The second-order valence-electron chi connectivity index (χ2n) is 4.46. The first-order valence-electron chi connectivity index (χ1n) is 5.97. The Hall–Kier alpha value is 0.100. The minimum atomic E-state index is 0.313. The van der Waals surface area contributed by atoms with Gasteiger partial charge in [-0.2, -0.15) is 0 Å². The van der Waals surface area contributed by atoms with E-state index in [2.05, 4.69) is 32.7 Å². The lowest BCUT2D eigenvalue weighted by Crippen LogP contribution is -2.28. The predicted octanol–water partition coefficient (Wildman–Crippen LogP) is 3.29. The number of nitrogens with one attached hydrogen (secondary N) is 1. The van der Waals surface area contributed by atoms with Gasteiger partial charge >= 0.3 is 0 Å². The summed E-state index contributed by atoms with van der Waals surface area (Å²) in [6.07, 6.45) is 5.58. The molecule has 2 nitrogen and oxygen atoms in total. The van der Waals surface area contributed by atoms with E-state index in [1.54, 1.807) is 11.3 Å². The second-order valence-corrected chi connectivity index (χ2v) is 6.26. The average Bonchev–Trinajstić information content (AvgIpc) is 3.02. The minimum absolute atomic E-state index is 0.313. The highest BCUT2D eigenvalue weighted by Gasteiger charge is 2.20. The maximum absolute atomic E-state index is 5.81. The van der Waals surface area contributed by atoms with E-state index in [4.69, 9.17) is 5.73 Å². The molecule has 1 aliphatic rings. The molecule has 2 rings (SSSR count). The Morgan fingerprint density at radius 2 is 2.38 bits per heavy atom. The Bertz CT molecular complexity index is 323. The van der Waals surface area contributed by atoms with Gasteiger partial charge in [0.15, 0.2) is 0 Å². The summed E-state index contributed by atoms with van der Waals surface area (Å²) in [7, 11) is 0. The molecule has 1 saturated carbocycles. The van der Waals surface area contributed by atoms with Crippen molar-refractivity contribution in [2.75, 3.05) is 13.1 Å². The van der Waals surface area contributed by atoms with E-state index < -0.39 is 0 Å². The zero-order valence-corrected chi connectivity index (χ0v) is 11.8. The SMILES string of the molecule is NCC(NCCCC1CC1)c1sccc1Br. The highest BCUT2D eigenvalue weighted by Crippen LogP contribution is 2.33. The monoisotopic (exact) mass is 302 g/mol. The number of nitrogens with two attached hydrogens (primary N) is 1. The third-order valence-corrected chi connectivity index (χ3v) is 5.06. The molecule has 0 radical (unpaired) electrons. The van der Waals surface area contributed by atoms with Gasteiger partial charge in [0.2, 0.25) is 0 Å². The lowest BCUT2D eigenvalue weighted by Gasteiger charge is -2.16. The Kier molecular flexibility index (Phi) is 4.82. The van der Waals surface area contributed by atoms with Gasteiger partial charge < -0.3 is 11.1 Å². The maximum Gasteiger partial charge on any atom is 0.0550 e. The van der Waals surface area contributed by atoms with E-state index in [1.807, 2.05) is 0 Å². The van der Waals surface area contributed by atoms with Crippen LogP contribution in [0, 0.1) is 5.92 Å². The molecule has 1 unspecified atom stereocenters. The molecule has 1 aliphatic carbocycles. The standard InChI is InChI=1S/C12H19BrN2S/c13-10-5-7-16-12(10)11(8-14)15-6-1-2-9-3-4-9/h5,7,9,11,15H,1-4,6,8,14H2. The Morgan fingerprint density at radius 1 is 1.56 bits per heavy atom. The molecule has 0 bridgehead atoms. The van der Waals surface area contributed by atoms with E-state index in [0.29, 0.717) is 12.6 Å². The highest BCUT2D eigenvalue weighted by atomic mass is 79.9. The van der Waals surface area contributed by atoms with E-state index in [0.717, 1.165) is 12.5 Å². The van der Waals surface area contributed by atoms with Gasteiger partial charge in [-0.3, -0.25) is 0 Å². The summed E-state index contributed by atoms with van der Waals surface area (Å²) in [5.41, 5.74) is 5.81. The molecule has 1 atom stereocenters. The van der Waals surface area contributed by atoms with Gasteiger partial charge in [-0.25, -0.2) is 0 Å². The molecule has 1 fully saturated rings. The van der Waals surface area contributed by atoms with Crippen LogP contribution in [-0.2, 0) is 0 Å². The first-order chi connectivity index (χ1) is 7.81. The third-order valence-electron chi connectivity index (χ3n) is 3.07. The van der Waals surface area contributed by atoms with E-state index in [-0.39, 0.29) is 0 Å². The Balaban J connectivity index is 1.74.